The van der Waals surface area contributed by atoms with Gasteiger partial charge in [0.05, 0.1) is 5.69 Å². The first kappa shape index (κ1) is 8.86. The van der Waals surface area contributed by atoms with Crippen LogP contribution in [0, 0.1) is 0 Å². The minimum Gasteiger partial charge on any atom is -0.429 e. The predicted molar refractivity (Wildman–Crippen MR) is 34.2 cm³/mol. The Balaban J connectivity index is 0.000000236. The molecule has 5 nitrogen and oxygen atoms in total. The lowest BCUT2D eigenvalue weighted by molar-refractivity contribution is 0.111. The number of rotatable bonds is 1. The van der Waals surface area contributed by atoms with Gasteiger partial charge in [0, 0.05) is 6.20 Å². The van der Waals surface area contributed by atoms with E-state index in [9.17, 15) is 4.79 Å². The SMILES string of the molecule is O=Cc1ccn[nH]1.O[B]O. The standard InChI is InChI=1S/C4H4N2O.BH2O2/c7-3-4-1-2-5-6-4;2-1-3/h1-3H,(H,5,6);2-3H. The highest BCUT2D eigenvalue weighted by Crippen LogP contribution is 1.81. The second-order valence-electron chi connectivity index (χ2n) is 1.25. The third kappa shape index (κ3) is 3.82. The van der Waals surface area contributed by atoms with Crippen LogP contribution in [0.2, 0.25) is 0 Å². The molecule has 53 valence electrons. The molecule has 0 bridgehead atoms. The molecule has 10 heavy (non-hydrogen) atoms. The molecule has 3 N–H and O–H groups in total. The summed E-state index contributed by atoms with van der Waals surface area (Å²) in [4.78, 5) is 9.80. The number of nitrogens with one attached hydrogen (secondary N) is 1. The van der Waals surface area contributed by atoms with E-state index in [-0.39, 0.29) is 7.69 Å². The van der Waals surface area contributed by atoms with E-state index in [1.807, 2.05) is 0 Å². The molecule has 1 rings (SSSR count). The van der Waals surface area contributed by atoms with Crippen LogP contribution in [0.25, 0.3) is 0 Å². The van der Waals surface area contributed by atoms with Crippen LogP contribution in [0.1, 0.15) is 10.5 Å². The van der Waals surface area contributed by atoms with Crippen molar-refractivity contribution in [1.29, 1.82) is 0 Å². The summed E-state index contributed by atoms with van der Waals surface area (Å²) in [6.07, 6.45) is 2.25. The Morgan fingerprint density at radius 2 is 2.30 bits per heavy atom. The fraction of sp³-hybridized carbons (Fsp3) is 0. The maximum Gasteiger partial charge on any atom is 0.482 e. The first-order valence-electron chi connectivity index (χ1n) is 2.39. The highest BCUT2D eigenvalue weighted by molar-refractivity contribution is 6.13. The van der Waals surface area contributed by atoms with Crippen LogP contribution in [0.15, 0.2) is 12.3 Å². The zero-order chi connectivity index (χ0) is 7.82. The average molecular weight is 141 g/mol. The van der Waals surface area contributed by atoms with E-state index in [1.54, 1.807) is 6.07 Å². The number of aromatic amines is 1. The topological polar surface area (TPSA) is 86.2 Å². The predicted octanol–water partition coefficient (Wildman–Crippen LogP) is -1.27. The summed E-state index contributed by atoms with van der Waals surface area (Å²) in [6, 6.07) is 1.60. The minimum atomic E-state index is 0. The maximum atomic E-state index is 9.80. The van der Waals surface area contributed by atoms with E-state index >= 15 is 0 Å². The molecule has 0 fully saturated rings. The molecule has 0 aliphatic rings. The molecule has 0 spiro atoms. The molecule has 0 amide bonds. The van der Waals surface area contributed by atoms with E-state index < -0.39 is 0 Å². The number of carbonyl (C=O) groups is 1. The van der Waals surface area contributed by atoms with Gasteiger partial charge >= 0.3 is 7.69 Å². The molecule has 0 unspecified atom stereocenters. The Morgan fingerprint density at radius 3 is 2.50 bits per heavy atom. The fourth-order valence-corrected chi connectivity index (χ4v) is 0.332. The lowest BCUT2D eigenvalue weighted by atomic mass is 10.5. The molecule has 1 radical (unpaired) electrons. The summed E-state index contributed by atoms with van der Waals surface area (Å²) < 4.78 is 0. The van der Waals surface area contributed by atoms with Gasteiger partial charge in [0.1, 0.15) is 0 Å². The van der Waals surface area contributed by atoms with Crippen molar-refractivity contribution in [2.24, 2.45) is 0 Å². The number of aldehydes is 1. The Morgan fingerprint density at radius 1 is 1.70 bits per heavy atom. The van der Waals surface area contributed by atoms with E-state index in [0.717, 1.165) is 0 Å². The zero-order valence-electron chi connectivity index (χ0n) is 5.06. The Hall–Kier alpha value is -1.14. The number of hydrogen-bond acceptors (Lipinski definition) is 4. The number of nitrogens with zero attached hydrogens (tertiary/aromatic N) is 1. The highest BCUT2D eigenvalue weighted by atomic mass is 16.4. The number of aromatic nitrogens is 2. The summed E-state index contributed by atoms with van der Waals surface area (Å²) in [5, 5.41) is 20.0. The van der Waals surface area contributed by atoms with Crippen LogP contribution in [0.4, 0.5) is 0 Å². The summed E-state index contributed by atoms with van der Waals surface area (Å²) in [5.74, 6) is 0. The van der Waals surface area contributed by atoms with E-state index in [4.69, 9.17) is 10.0 Å². The molecule has 1 aromatic heterocycles. The summed E-state index contributed by atoms with van der Waals surface area (Å²) in [6.45, 7) is 0. The molecule has 0 aliphatic carbocycles. The lowest BCUT2D eigenvalue weighted by Crippen LogP contribution is -1.75. The van der Waals surface area contributed by atoms with Crippen molar-refractivity contribution in [1.82, 2.24) is 10.2 Å². The van der Waals surface area contributed by atoms with Crippen LogP contribution in [0.3, 0.4) is 0 Å². The molecule has 0 atom stereocenters. The van der Waals surface area contributed by atoms with E-state index in [1.165, 1.54) is 6.20 Å². The number of carbonyl (C=O) groups excluding carboxylic acids is 1. The Kier molecular flexibility index (Phi) is 5.31. The van der Waals surface area contributed by atoms with Crippen molar-refractivity contribution in [3.8, 4) is 0 Å². The quantitative estimate of drug-likeness (QED) is 0.336. The van der Waals surface area contributed by atoms with E-state index in [2.05, 4.69) is 10.2 Å². The Labute approximate surface area is 58.0 Å². The normalized spacial score (nSPS) is 7.40. The largest absolute Gasteiger partial charge is 0.482 e. The minimum absolute atomic E-state index is 0. The second kappa shape index (κ2) is 5.99. The first-order chi connectivity index (χ1) is 4.85. The zero-order valence-corrected chi connectivity index (χ0v) is 5.06. The van der Waals surface area contributed by atoms with Crippen LogP contribution < -0.4 is 0 Å². The van der Waals surface area contributed by atoms with Crippen LogP contribution in [-0.4, -0.2) is 34.2 Å². The molecule has 6 heteroatoms. The van der Waals surface area contributed by atoms with Gasteiger partial charge in [-0.3, -0.25) is 9.89 Å². The van der Waals surface area contributed by atoms with Gasteiger partial charge in [0.25, 0.3) is 0 Å². The van der Waals surface area contributed by atoms with Crippen molar-refractivity contribution in [2.45, 2.75) is 0 Å². The molecule has 0 saturated carbocycles. The lowest BCUT2D eigenvalue weighted by Gasteiger charge is -1.68. The second-order valence-corrected chi connectivity index (χ2v) is 1.25. The van der Waals surface area contributed by atoms with Crippen LogP contribution in [-0.2, 0) is 0 Å². The third-order valence-electron chi connectivity index (χ3n) is 0.649. The molecule has 0 saturated heterocycles. The van der Waals surface area contributed by atoms with Gasteiger partial charge in [-0.1, -0.05) is 0 Å². The summed E-state index contributed by atoms with van der Waals surface area (Å²) in [7, 11) is 0. The molecule has 0 aromatic carbocycles. The van der Waals surface area contributed by atoms with Gasteiger partial charge in [-0.2, -0.15) is 5.10 Å². The number of hydrogen-bond donors (Lipinski definition) is 3. The monoisotopic (exact) mass is 141 g/mol. The van der Waals surface area contributed by atoms with Crippen molar-refractivity contribution < 1.29 is 14.8 Å². The summed E-state index contributed by atoms with van der Waals surface area (Å²) >= 11 is 0. The maximum absolute atomic E-state index is 9.80. The average Bonchev–Trinajstić information content (AvgIpc) is 2.39. The fourth-order valence-electron chi connectivity index (χ4n) is 0.332. The molecular weight excluding hydrogens is 135 g/mol. The molecule has 1 heterocycles. The van der Waals surface area contributed by atoms with Crippen LogP contribution in [0.5, 0.6) is 0 Å². The third-order valence-corrected chi connectivity index (χ3v) is 0.649. The van der Waals surface area contributed by atoms with Crippen molar-refractivity contribution >= 4 is 14.0 Å². The first-order valence-corrected chi connectivity index (χ1v) is 2.39. The van der Waals surface area contributed by atoms with Gasteiger partial charge in [0.15, 0.2) is 6.29 Å². The Bertz CT molecular complexity index is 165. The van der Waals surface area contributed by atoms with E-state index in [0.29, 0.717) is 12.0 Å². The van der Waals surface area contributed by atoms with Crippen molar-refractivity contribution in [3.05, 3.63) is 18.0 Å². The van der Waals surface area contributed by atoms with Gasteiger partial charge in [-0.25, -0.2) is 0 Å². The van der Waals surface area contributed by atoms with Crippen molar-refractivity contribution in [3.63, 3.8) is 0 Å². The highest BCUT2D eigenvalue weighted by Gasteiger charge is 1.82. The molecule has 1 aromatic rings. The number of H-pyrrole nitrogens is 1. The van der Waals surface area contributed by atoms with Crippen LogP contribution >= 0.6 is 0 Å². The van der Waals surface area contributed by atoms with Gasteiger partial charge in [-0.05, 0) is 6.07 Å². The van der Waals surface area contributed by atoms with Gasteiger partial charge in [-0.15, -0.1) is 0 Å². The van der Waals surface area contributed by atoms with Gasteiger partial charge < -0.3 is 10.0 Å². The van der Waals surface area contributed by atoms with Crippen molar-refractivity contribution in [2.75, 3.05) is 0 Å². The van der Waals surface area contributed by atoms with Gasteiger partial charge in [0.2, 0.25) is 0 Å². The molecular formula is C4H6BN2O3. The smallest absolute Gasteiger partial charge is 0.429 e. The summed E-state index contributed by atoms with van der Waals surface area (Å²) in [5.41, 5.74) is 0.514. The molecule has 0 aliphatic heterocycles.